The number of H-pyrrole nitrogens is 1. The number of nitrogens with zero attached hydrogens (tertiary/aromatic N) is 3. The predicted octanol–water partition coefficient (Wildman–Crippen LogP) is 3.95. The van der Waals surface area contributed by atoms with Gasteiger partial charge in [0, 0.05) is 18.4 Å². The second-order valence-corrected chi connectivity index (χ2v) is 9.57. The molecule has 5 rings (SSSR count). The van der Waals surface area contributed by atoms with Crippen molar-refractivity contribution in [2.75, 3.05) is 12.3 Å². The molecule has 3 N–H and O–H groups in total. The number of imidazole rings is 1. The Bertz CT molecular complexity index is 1280. The third-order valence-electron chi connectivity index (χ3n) is 5.31. The summed E-state index contributed by atoms with van der Waals surface area (Å²) in [5.74, 6) is -1.73. The van der Waals surface area contributed by atoms with Crippen LogP contribution in [-0.2, 0) is 30.7 Å². The minimum absolute atomic E-state index is 0.0128. The fraction of sp³-hybridized carbons (Fsp3) is 0.389. The van der Waals surface area contributed by atoms with Crippen molar-refractivity contribution in [3.63, 3.8) is 0 Å². The molecule has 4 heterocycles. The maximum atomic E-state index is 15.5. The van der Waals surface area contributed by atoms with Crippen molar-refractivity contribution in [1.29, 1.82) is 0 Å². The van der Waals surface area contributed by atoms with E-state index < -0.39 is 26.0 Å². The van der Waals surface area contributed by atoms with E-state index in [4.69, 9.17) is 36.3 Å². The van der Waals surface area contributed by atoms with Crippen molar-refractivity contribution >= 4 is 37.2 Å². The Labute approximate surface area is 181 Å². The number of anilines is 1. The Kier molecular flexibility index (Phi) is 4.68. The minimum atomic E-state index is -3.98. The highest BCUT2D eigenvalue weighted by Gasteiger charge is 2.51. The van der Waals surface area contributed by atoms with Crippen LogP contribution in [0.4, 0.5) is 10.3 Å². The maximum absolute atomic E-state index is 15.5. The number of aromatic amines is 1. The number of aromatic nitrogens is 4. The van der Waals surface area contributed by atoms with Crippen LogP contribution in [0.5, 0.6) is 5.75 Å². The predicted molar refractivity (Wildman–Crippen MR) is 110 cm³/mol. The molecule has 1 fully saturated rings. The number of nitrogen functional groups attached to an aromatic ring is 1. The molecular weight excluding hydrogens is 448 g/mol. The van der Waals surface area contributed by atoms with Gasteiger partial charge in [-0.05, 0) is 13.0 Å². The summed E-state index contributed by atoms with van der Waals surface area (Å²) in [4.78, 5) is 11.1. The molecule has 3 aromatic rings. The first-order valence-corrected chi connectivity index (χ1v) is 11.3. The van der Waals surface area contributed by atoms with Gasteiger partial charge in [-0.25, -0.2) is 18.9 Å². The molecule has 31 heavy (non-hydrogen) atoms. The van der Waals surface area contributed by atoms with Crippen LogP contribution in [-0.4, -0.2) is 32.0 Å². The summed E-state index contributed by atoms with van der Waals surface area (Å²) in [7, 11) is -3.98. The lowest BCUT2D eigenvalue weighted by Gasteiger charge is -2.30. The van der Waals surface area contributed by atoms with Crippen LogP contribution in [0.3, 0.4) is 0 Å². The second-order valence-electron chi connectivity index (χ2n) is 7.59. The molecule has 164 valence electrons. The fourth-order valence-corrected chi connectivity index (χ4v) is 5.22. The number of phosphoric ester groups is 1. The van der Waals surface area contributed by atoms with Gasteiger partial charge >= 0.3 is 7.82 Å². The summed E-state index contributed by atoms with van der Waals surface area (Å²) >= 11 is 5.18. The monoisotopic (exact) mass is 467 g/mol. The SMILES string of the molecule is C[C@]1(n2cnc3c(=S)nc(N)[nH]c32)CC[C@@](F)(COP2(=O)OCc3ccccc3O2)O1. The van der Waals surface area contributed by atoms with Crippen molar-refractivity contribution < 1.29 is 27.3 Å². The fourth-order valence-electron chi connectivity index (χ4n) is 3.73. The van der Waals surface area contributed by atoms with Gasteiger partial charge in [-0.3, -0.25) is 13.6 Å². The van der Waals surface area contributed by atoms with Gasteiger partial charge in [0.2, 0.25) is 5.85 Å². The third-order valence-corrected chi connectivity index (χ3v) is 6.91. The van der Waals surface area contributed by atoms with E-state index in [2.05, 4.69) is 15.0 Å². The van der Waals surface area contributed by atoms with Crippen LogP contribution < -0.4 is 10.3 Å². The van der Waals surface area contributed by atoms with E-state index in [1.165, 1.54) is 6.33 Å². The number of rotatable bonds is 4. The van der Waals surface area contributed by atoms with Gasteiger partial charge in [0.15, 0.2) is 10.6 Å². The number of hydrogen-bond acceptors (Lipinski definition) is 9. The highest BCUT2D eigenvalue weighted by molar-refractivity contribution is 7.71. The molecule has 2 aromatic heterocycles. The lowest BCUT2D eigenvalue weighted by atomic mass is 10.1. The first kappa shape index (κ1) is 20.5. The number of nitrogens with one attached hydrogen (secondary N) is 1. The number of fused-ring (bicyclic) bond motifs is 2. The molecule has 2 aliphatic heterocycles. The summed E-state index contributed by atoms with van der Waals surface area (Å²) < 4.78 is 51.8. The van der Waals surface area contributed by atoms with Gasteiger partial charge in [0.25, 0.3) is 0 Å². The lowest BCUT2D eigenvalue weighted by molar-refractivity contribution is -0.214. The number of halogens is 1. The Hall–Kier alpha value is -2.37. The zero-order valence-corrected chi connectivity index (χ0v) is 18.1. The van der Waals surface area contributed by atoms with E-state index in [0.29, 0.717) is 16.9 Å². The highest BCUT2D eigenvalue weighted by atomic mass is 32.1. The molecule has 13 heteroatoms. The largest absolute Gasteiger partial charge is 0.530 e. The Morgan fingerprint density at radius 1 is 1.42 bits per heavy atom. The number of ether oxygens (including phenoxy) is 1. The molecule has 0 saturated carbocycles. The molecule has 0 bridgehead atoms. The van der Waals surface area contributed by atoms with Crippen molar-refractivity contribution in [3.8, 4) is 5.75 Å². The zero-order valence-electron chi connectivity index (χ0n) is 16.4. The molecule has 1 unspecified atom stereocenters. The second kappa shape index (κ2) is 7.07. The number of alkyl halides is 1. The zero-order chi connectivity index (χ0) is 21.9. The minimum Gasteiger partial charge on any atom is -0.404 e. The summed E-state index contributed by atoms with van der Waals surface area (Å²) in [6.45, 7) is 1.12. The van der Waals surface area contributed by atoms with Crippen molar-refractivity contribution in [2.45, 2.75) is 38.0 Å². The van der Waals surface area contributed by atoms with Gasteiger partial charge in [-0.2, -0.15) is 0 Å². The number of phosphoric acid groups is 1. The topological polar surface area (TPSA) is 127 Å². The number of nitrogens with two attached hydrogens (primary N) is 1. The summed E-state index contributed by atoms with van der Waals surface area (Å²) in [5.41, 5.74) is 6.26. The maximum Gasteiger partial charge on any atom is 0.530 e. The Morgan fingerprint density at radius 2 is 2.23 bits per heavy atom. The summed E-state index contributed by atoms with van der Waals surface area (Å²) in [5, 5.41) is 0. The van der Waals surface area contributed by atoms with E-state index in [1.54, 1.807) is 29.7 Å². The van der Waals surface area contributed by atoms with Gasteiger partial charge in [-0.1, -0.05) is 30.4 Å². The average Bonchev–Trinajstić information content (AvgIpc) is 3.29. The standard InChI is InChI=1S/C18H19FN5O5PS/c1-17(24-10-21-13-14(24)22-16(20)23-15(13)31)6-7-18(19,29-17)9-27-30(25)26-8-11-4-2-3-5-12(11)28-30/h2-5,10H,6-9H2,1H3,(H3,20,22,23,31)/t17-,18+,30?/m1/s1. The first-order valence-electron chi connectivity index (χ1n) is 9.48. The van der Waals surface area contributed by atoms with E-state index in [9.17, 15) is 4.57 Å². The van der Waals surface area contributed by atoms with E-state index in [-0.39, 0.29) is 30.0 Å². The molecule has 1 aromatic carbocycles. The van der Waals surface area contributed by atoms with Crippen LogP contribution in [0.2, 0.25) is 0 Å². The van der Waals surface area contributed by atoms with Crippen molar-refractivity contribution in [3.05, 3.63) is 40.8 Å². The normalized spacial score (nSPS) is 30.3. The van der Waals surface area contributed by atoms with E-state index in [0.717, 1.165) is 5.56 Å². The summed E-state index contributed by atoms with van der Waals surface area (Å²) in [6.07, 6.45) is 1.76. The number of hydrogen-bond donors (Lipinski definition) is 2. The lowest BCUT2D eigenvalue weighted by Crippen LogP contribution is -2.36. The van der Waals surface area contributed by atoms with E-state index >= 15 is 4.39 Å². The van der Waals surface area contributed by atoms with Gasteiger partial charge in [0.1, 0.15) is 29.2 Å². The molecule has 0 amide bonds. The molecule has 0 spiro atoms. The van der Waals surface area contributed by atoms with Crippen LogP contribution in [0.15, 0.2) is 30.6 Å². The molecule has 3 atom stereocenters. The van der Waals surface area contributed by atoms with Crippen LogP contribution in [0.1, 0.15) is 25.3 Å². The van der Waals surface area contributed by atoms with Crippen LogP contribution in [0.25, 0.3) is 11.2 Å². The van der Waals surface area contributed by atoms with Crippen molar-refractivity contribution in [1.82, 2.24) is 19.5 Å². The van der Waals surface area contributed by atoms with Crippen molar-refractivity contribution in [2.24, 2.45) is 0 Å². The summed E-state index contributed by atoms with van der Waals surface area (Å²) in [6, 6.07) is 6.97. The third kappa shape index (κ3) is 3.64. The first-order chi connectivity index (χ1) is 14.7. The highest BCUT2D eigenvalue weighted by Crippen LogP contribution is 2.56. The number of benzene rings is 1. The average molecular weight is 467 g/mol. The smallest absolute Gasteiger partial charge is 0.404 e. The molecular formula is C18H19FN5O5PS. The van der Waals surface area contributed by atoms with E-state index in [1.807, 2.05) is 6.07 Å². The van der Waals surface area contributed by atoms with Gasteiger partial charge in [0.05, 0.1) is 12.9 Å². The van der Waals surface area contributed by atoms with Gasteiger partial charge in [-0.15, -0.1) is 0 Å². The molecule has 0 aliphatic carbocycles. The molecule has 1 saturated heterocycles. The Morgan fingerprint density at radius 3 is 3.06 bits per heavy atom. The van der Waals surface area contributed by atoms with Crippen LogP contribution in [0, 0.1) is 4.64 Å². The number of para-hydroxylation sites is 1. The molecule has 0 radical (unpaired) electrons. The molecule has 2 aliphatic rings. The van der Waals surface area contributed by atoms with Gasteiger partial charge < -0.3 is 20.0 Å². The molecule has 10 nitrogen and oxygen atoms in total. The Balaban J connectivity index is 1.34. The van der Waals surface area contributed by atoms with Crippen LogP contribution >= 0.6 is 20.0 Å². The quantitative estimate of drug-likeness (QED) is 0.433.